The molecule has 0 saturated heterocycles. The topological polar surface area (TPSA) is 49.3 Å². The number of aliphatic hydroxyl groups excluding tert-OH is 1. The molecular formula is C15H23NO2S. The second-order valence-corrected chi connectivity index (χ2v) is 6.87. The van der Waals surface area contributed by atoms with Crippen LogP contribution in [0.3, 0.4) is 0 Å². The second kappa shape index (κ2) is 6.06. The third kappa shape index (κ3) is 3.18. The Labute approximate surface area is 119 Å². The lowest BCUT2D eigenvalue weighted by molar-refractivity contribution is 0.0896. The van der Waals surface area contributed by atoms with Crippen LogP contribution in [0, 0.1) is 11.8 Å². The fourth-order valence-corrected chi connectivity index (χ4v) is 3.78. The highest BCUT2D eigenvalue weighted by Gasteiger charge is 2.24. The first-order chi connectivity index (χ1) is 9.02. The monoisotopic (exact) mass is 281 g/mol. The van der Waals surface area contributed by atoms with Gasteiger partial charge >= 0.3 is 0 Å². The van der Waals surface area contributed by atoms with E-state index in [-0.39, 0.29) is 24.5 Å². The van der Waals surface area contributed by atoms with Crippen LogP contribution < -0.4 is 5.32 Å². The Morgan fingerprint density at radius 2 is 2.32 bits per heavy atom. The Bertz CT molecular complexity index is 453. The fraction of sp³-hybridized carbons (Fsp3) is 0.667. The molecule has 1 heterocycles. The first kappa shape index (κ1) is 14.5. The van der Waals surface area contributed by atoms with Crippen LogP contribution >= 0.6 is 11.3 Å². The van der Waals surface area contributed by atoms with Crippen molar-refractivity contribution in [3.8, 4) is 0 Å². The zero-order chi connectivity index (χ0) is 14.0. The van der Waals surface area contributed by atoms with Crippen molar-refractivity contribution in [2.75, 3.05) is 6.61 Å². The predicted octanol–water partition coefficient (Wildman–Crippen LogP) is 2.62. The molecule has 106 valence electrons. The molecule has 1 aromatic rings. The molecule has 1 aromatic heterocycles. The van der Waals surface area contributed by atoms with E-state index in [0.717, 1.165) is 30.7 Å². The van der Waals surface area contributed by atoms with Crippen LogP contribution in [-0.4, -0.2) is 23.7 Å². The fourth-order valence-electron chi connectivity index (χ4n) is 2.54. The van der Waals surface area contributed by atoms with Gasteiger partial charge in [-0.1, -0.05) is 20.8 Å². The van der Waals surface area contributed by atoms with Crippen LogP contribution in [0.4, 0.5) is 0 Å². The highest BCUT2D eigenvalue weighted by atomic mass is 32.1. The van der Waals surface area contributed by atoms with Crippen LogP contribution in [0.25, 0.3) is 0 Å². The van der Waals surface area contributed by atoms with Crippen LogP contribution in [0.1, 0.15) is 48.0 Å². The minimum atomic E-state index is -0.162. The van der Waals surface area contributed by atoms with Crippen molar-refractivity contribution in [3.63, 3.8) is 0 Å². The molecule has 2 rings (SSSR count). The second-order valence-electron chi connectivity index (χ2n) is 5.91. The molecule has 0 radical (unpaired) electrons. The van der Waals surface area contributed by atoms with Crippen molar-refractivity contribution in [1.82, 2.24) is 5.32 Å². The number of hydrogen-bond donors (Lipinski definition) is 2. The minimum Gasteiger partial charge on any atom is -0.394 e. The molecule has 2 atom stereocenters. The Hall–Kier alpha value is -0.870. The Morgan fingerprint density at radius 1 is 1.58 bits per heavy atom. The number of thiophene rings is 1. The molecule has 4 heteroatoms. The SMILES string of the molecule is CC1CCc2c(C(=O)N[C@H](CO)C(C)C)csc2C1. The van der Waals surface area contributed by atoms with Gasteiger partial charge in [-0.25, -0.2) is 0 Å². The van der Waals surface area contributed by atoms with Gasteiger partial charge in [-0.3, -0.25) is 4.79 Å². The van der Waals surface area contributed by atoms with Crippen molar-refractivity contribution < 1.29 is 9.90 Å². The summed E-state index contributed by atoms with van der Waals surface area (Å²) in [7, 11) is 0. The largest absolute Gasteiger partial charge is 0.394 e. The molecule has 1 amide bonds. The number of rotatable bonds is 4. The molecule has 0 spiro atoms. The Morgan fingerprint density at radius 3 is 2.95 bits per heavy atom. The van der Waals surface area contributed by atoms with Crippen molar-refractivity contribution in [2.24, 2.45) is 11.8 Å². The summed E-state index contributed by atoms with van der Waals surface area (Å²) in [6.07, 6.45) is 3.27. The first-order valence-electron chi connectivity index (χ1n) is 7.03. The molecule has 0 bridgehead atoms. The number of fused-ring (bicyclic) bond motifs is 1. The van der Waals surface area contributed by atoms with Gasteiger partial charge in [0.05, 0.1) is 18.2 Å². The van der Waals surface area contributed by atoms with Gasteiger partial charge < -0.3 is 10.4 Å². The Balaban J connectivity index is 2.12. The molecule has 19 heavy (non-hydrogen) atoms. The summed E-state index contributed by atoms with van der Waals surface area (Å²) < 4.78 is 0. The first-order valence-corrected chi connectivity index (χ1v) is 7.91. The molecule has 0 saturated carbocycles. The van der Waals surface area contributed by atoms with E-state index in [4.69, 9.17) is 0 Å². The molecule has 1 unspecified atom stereocenters. The molecule has 0 fully saturated rings. The van der Waals surface area contributed by atoms with Crippen LogP contribution in [0.5, 0.6) is 0 Å². The van der Waals surface area contributed by atoms with Crippen LogP contribution in [0.2, 0.25) is 0 Å². The molecule has 1 aliphatic carbocycles. The normalized spacial score (nSPS) is 20.2. The van der Waals surface area contributed by atoms with Gasteiger partial charge in [0.25, 0.3) is 5.91 Å². The van der Waals surface area contributed by atoms with Crippen LogP contribution in [0.15, 0.2) is 5.38 Å². The van der Waals surface area contributed by atoms with Gasteiger partial charge in [0.15, 0.2) is 0 Å². The van der Waals surface area contributed by atoms with Gasteiger partial charge in [0, 0.05) is 10.3 Å². The van der Waals surface area contributed by atoms with Gasteiger partial charge in [0.2, 0.25) is 0 Å². The van der Waals surface area contributed by atoms with E-state index >= 15 is 0 Å². The van der Waals surface area contributed by atoms with Crippen molar-refractivity contribution in [1.29, 1.82) is 0 Å². The standard InChI is InChI=1S/C15H23NO2S/c1-9(2)13(7-17)16-15(18)12-8-19-14-6-10(3)4-5-11(12)14/h8-10,13,17H,4-7H2,1-3H3,(H,16,18)/t10?,13-/m1/s1. The minimum absolute atomic E-state index is 0.00717. The number of nitrogens with one attached hydrogen (secondary N) is 1. The highest BCUT2D eigenvalue weighted by Crippen LogP contribution is 2.32. The lowest BCUT2D eigenvalue weighted by atomic mass is 9.88. The number of hydrogen-bond acceptors (Lipinski definition) is 3. The van der Waals surface area contributed by atoms with Gasteiger partial charge in [-0.2, -0.15) is 0 Å². The van der Waals surface area contributed by atoms with E-state index < -0.39 is 0 Å². The quantitative estimate of drug-likeness (QED) is 0.891. The highest BCUT2D eigenvalue weighted by molar-refractivity contribution is 7.10. The average molecular weight is 281 g/mol. The van der Waals surface area contributed by atoms with Gasteiger partial charge in [-0.05, 0) is 36.7 Å². The van der Waals surface area contributed by atoms with Crippen LogP contribution in [-0.2, 0) is 12.8 Å². The Kier molecular flexibility index (Phi) is 4.63. The summed E-state index contributed by atoms with van der Waals surface area (Å²) in [5, 5.41) is 14.2. The molecule has 3 nitrogen and oxygen atoms in total. The van der Waals surface area contributed by atoms with E-state index in [1.807, 2.05) is 19.2 Å². The number of aliphatic hydroxyl groups is 1. The van der Waals surface area contributed by atoms with E-state index in [0.29, 0.717) is 0 Å². The number of amides is 1. The maximum atomic E-state index is 12.3. The van der Waals surface area contributed by atoms with Crippen molar-refractivity contribution in [3.05, 3.63) is 21.4 Å². The summed E-state index contributed by atoms with van der Waals surface area (Å²) in [6, 6.07) is -0.162. The number of carbonyl (C=O) groups excluding carboxylic acids is 1. The number of carbonyl (C=O) groups is 1. The van der Waals surface area contributed by atoms with E-state index in [1.54, 1.807) is 11.3 Å². The summed E-state index contributed by atoms with van der Waals surface area (Å²) in [4.78, 5) is 13.7. The van der Waals surface area contributed by atoms with Crippen molar-refractivity contribution in [2.45, 2.75) is 46.1 Å². The summed E-state index contributed by atoms with van der Waals surface area (Å²) in [5.74, 6) is 0.936. The maximum absolute atomic E-state index is 12.3. The molecule has 0 aromatic carbocycles. The van der Waals surface area contributed by atoms with Crippen molar-refractivity contribution >= 4 is 17.2 Å². The molecular weight excluding hydrogens is 258 g/mol. The maximum Gasteiger partial charge on any atom is 0.252 e. The molecule has 1 aliphatic rings. The lowest BCUT2D eigenvalue weighted by Crippen LogP contribution is -2.41. The third-order valence-corrected chi connectivity index (χ3v) is 5.02. The average Bonchev–Trinajstić information content (AvgIpc) is 2.78. The smallest absolute Gasteiger partial charge is 0.252 e. The zero-order valence-corrected chi connectivity index (χ0v) is 12.7. The van der Waals surface area contributed by atoms with Gasteiger partial charge in [0.1, 0.15) is 0 Å². The molecule has 2 N–H and O–H groups in total. The molecule has 0 aliphatic heterocycles. The zero-order valence-electron chi connectivity index (χ0n) is 11.9. The summed E-state index contributed by atoms with van der Waals surface area (Å²) in [6.45, 7) is 6.27. The lowest BCUT2D eigenvalue weighted by Gasteiger charge is -2.22. The summed E-state index contributed by atoms with van der Waals surface area (Å²) in [5.41, 5.74) is 2.06. The van der Waals surface area contributed by atoms with E-state index in [2.05, 4.69) is 12.2 Å². The van der Waals surface area contributed by atoms with Gasteiger partial charge in [-0.15, -0.1) is 11.3 Å². The third-order valence-electron chi connectivity index (χ3n) is 3.96. The summed E-state index contributed by atoms with van der Waals surface area (Å²) >= 11 is 1.70. The van der Waals surface area contributed by atoms with E-state index in [9.17, 15) is 9.90 Å². The van der Waals surface area contributed by atoms with E-state index in [1.165, 1.54) is 10.4 Å². The predicted molar refractivity (Wildman–Crippen MR) is 78.7 cm³/mol.